The monoisotopic (exact) mass is 347 g/mol. The Hall–Kier alpha value is -2.95. The lowest BCUT2D eigenvalue weighted by atomic mass is 10.1. The summed E-state index contributed by atoms with van der Waals surface area (Å²) in [5, 5.41) is 4.10. The van der Waals surface area contributed by atoms with Gasteiger partial charge in [-0.25, -0.2) is 0 Å². The maximum atomic E-state index is 12.6. The molecule has 132 valence electrons. The van der Waals surface area contributed by atoms with E-state index in [0.717, 1.165) is 37.1 Å². The second-order valence-corrected chi connectivity index (χ2v) is 6.80. The second-order valence-electron chi connectivity index (χ2n) is 6.80. The van der Waals surface area contributed by atoms with Gasteiger partial charge in [0.2, 0.25) is 5.82 Å². The van der Waals surface area contributed by atoms with E-state index in [-0.39, 0.29) is 5.91 Å². The largest absolute Gasteiger partial charge is 0.339 e. The van der Waals surface area contributed by atoms with Crippen LogP contribution in [0.2, 0.25) is 0 Å². The highest BCUT2D eigenvalue weighted by Crippen LogP contribution is 2.25. The van der Waals surface area contributed by atoms with Crippen LogP contribution in [0, 0.1) is 13.8 Å². The van der Waals surface area contributed by atoms with Crippen molar-refractivity contribution in [2.24, 2.45) is 0 Å². The van der Waals surface area contributed by atoms with E-state index in [1.807, 2.05) is 47.4 Å². The zero-order valence-corrected chi connectivity index (χ0v) is 15.0. The van der Waals surface area contributed by atoms with Gasteiger partial charge in [0.05, 0.1) is 0 Å². The lowest BCUT2D eigenvalue weighted by molar-refractivity contribution is 0.0793. The Bertz CT molecular complexity index is 955. The van der Waals surface area contributed by atoms with E-state index in [1.54, 1.807) is 0 Å². The number of amides is 1. The fourth-order valence-corrected chi connectivity index (χ4v) is 3.23. The minimum absolute atomic E-state index is 0.0715. The highest BCUT2D eigenvalue weighted by Gasteiger charge is 2.20. The lowest BCUT2D eigenvalue weighted by Gasteiger charge is -2.15. The Kier molecular flexibility index (Phi) is 4.29. The van der Waals surface area contributed by atoms with Gasteiger partial charge in [-0.15, -0.1) is 0 Å². The molecule has 1 aromatic heterocycles. The predicted molar refractivity (Wildman–Crippen MR) is 99.8 cm³/mol. The van der Waals surface area contributed by atoms with Gasteiger partial charge in [-0.2, -0.15) is 4.98 Å². The van der Waals surface area contributed by atoms with E-state index >= 15 is 0 Å². The molecule has 0 unspecified atom stereocenters. The molecule has 0 bridgehead atoms. The quantitative estimate of drug-likeness (QED) is 0.710. The molecule has 0 radical (unpaired) electrons. The van der Waals surface area contributed by atoms with Gasteiger partial charge in [0.15, 0.2) is 0 Å². The van der Waals surface area contributed by atoms with E-state index in [1.165, 1.54) is 11.1 Å². The Labute approximate surface area is 152 Å². The van der Waals surface area contributed by atoms with Crippen molar-refractivity contribution in [1.82, 2.24) is 15.0 Å². The van der Waals surface area contributed by atoms with E-state index in [4.69, 9.17) is 4.52 Å². The molecule has 0 spiro atoms. The first kappa shape index (κ1) is 16.5. The van der Waals surface area contributed by atoms with Gasteiger partial charge >= 0.3 is 0 Å². The molecule has 1 aliphatic heterocycles. The number of hydrogen-bond donors (Lipinski definition) is 0. The molecule has 1 amide bonds. The SMILES string of the molecule is Cc1ccc(-c2nc(-c3cccc(C(=O)N4CCCC4)c3)no2)cc1C. The summed E-state index contributed by atoms with van der Waals surface area (Å²) < 4.78 is 5.44. The average molecular weight is 347 g/mol. The predicted octanol–water partition coefficient (Wildman–Crippen LogP) is 4.26. The van der Waals surface area contributed by atoms with Crippen molar-refractivity contribution in [2.45, 2.75) is 26.7 Å². The highest BCUT2D eigenvalue weighted by atomic mass is 16.5. The number of aromatic nitrogens is 2. The van der Waals surface area contributed by atoms with Crippen molar-refractivity contribution in [3.8, 4) is 22.8 Å². The van der Waals surface area contributed by atoms with Crippen LogP contribution in [0.5, 0.6) is 0 Å². The molecule has 0 atom stereocenters. The fraction of sp³-hybridized carbons (Fsp3) is 0.286. The van der Waals surface area contributed by atoms with Gasteiger partial charge in [-0.3, -0.25) is 4.79 Å². The number of hydrogen-bond acceptors (Lipinski definition) is 4. The maximum Gasteiger partial charge on any atom is 0.258 e. The van der Waals surface area contributed by atoms with Crippen LogP contribution in [0.25, 0.3) is 22.8 Å². The van der Waals surface area contributed by atoms with Crippen molar-refractivity contribution in [1.29, 1.82) is 0 Å². The van der Waals surface area contributed by atoms with Crippen LogP contribution >= 0.6 is 0 Å². The molecule has 2 heterocycles. The fourth-order valence-electron chi connectivity index (χ4n) is 3.23. The summed E-state index contributed by atoms with van der Waals surface area (Å²) in [6.07, 6.45) is 2.16. The minimum atomic E-state index is 0.0715. The molecule has 4 rings (SSSR count). The molecular weight excluding hydrogens is 326 g/mol. The van der Waals surface area contributed by atoms with E-state index < -0.39 is 0 Å². The number of nitrogens with zero attached hydrogens (tertiary/aromatic N) is 3. The zero-order valence-electron chi connectivity index (χ0n) is 15.0. The summed E-state index contributed by atoms with van der Waals surface area (Å²) in [6, 6.07) is 13.5. The Morgan fingerprint density at radius 3 is 2.58 bits per heavy atom. The molecular formula is C21H21N3O2. The first-order chi connectivity index (χ1) is 12.6. The van der Waals surface area contributed by atoms with Crippen molar-refractivity contribution in [3.63, 3.8) is 0 Å². The molecule has 1 aliphatic rings. The average Bonchev–Trinajstić information content (AvgIpc) is 3.35. The van der Waals surface area contributed by atoms with Gasteiger partial charge in [0, 0.05) is 29.8 Å². The first-order valence-electron chi connectivity index (χ1n) is 8.93. The minimum Gasteiger partial charge on any atom is -0.339 e. The molecule has 0 N–H and O–H groups in total. The maximum absolute atomic E-state index is 12.6. The summed E-state index contributed by atoms with van der Waals surface area (Å²) >= 11 is 0. The number of aryl methyl sites for hydroxylation is 2. The van der Waals surface area contributed by atoms with Gasteiger partial charge in [-0.05, 0) is 62.1 Å². The molecule has 26 heavy (non-hydrogen) atoms. The van der Waals surface area contributed by atoms with Gasteiger partial charge in [0.1, 0.15) is 0 Å². The third kappa shape index (κ3) is 3.12. The number of rotatable bonds is 3. The van der Waals surface area contributed by atoms with Crippen LogP contribution in [-0.2, 0) is 0 Å². The van der Waals surface area contributed by atoms with Crippen molar-refractivity contribution in [2.75, 3.05) is 13.1 Å². The third-order valence-corrected chi connectivity index (χ3v) is 4.94. The molecule has 1 saturated heterocycles. The molecule has 3 aromatic rings. The summed E-state index contributed by atoms with van der Waals surface area (Å²) in [5.74, 6) is 1.05. The van der Waals surface area contributed by atoms with E-state index in [0.29, 0.717) is 17.3 Å². The molecule has 5 nitrogen and oxygen atoms in total. The third-order valence-electron chi connectivity index (χ3n) is 4.94. The van der Waals surface area contributed by atoms with Crippen LogP contribution in [0.3, 0.4) is 0 Å². The molecule has 0 aliphatic carbocycles. The molecule has 2 aromatic carbocycles. The summed E-state index contributed by atoms with van der Waals surface area (Å²) in [5.41, 5.74) is 4.76. The van der Waals surface area contributed by atoms with Gasteiger partial charge < -0.3 is 9.42 Å². The van der Waals surface area contributed by atoms with Crippen molar-refractivity contribution < 1.29 is 9.32 Å². The molecule has 5 heteroatoms. The van der Waals surface area contributed by atoms with Crippen LogP contribution in [0.15, 0.2) is 47.0 Å². The summed E-state index contributed by atoms with van der Waals surface area (Å²) in [4.78, 5) is 19.0. The first-order valence-corrected chi connectivity index (χ1v) is 8.93. The highest BCUT2D eigenvalue weighted by molar-refractivity contribution is 5.95. The van der Waals surface area contributed by atoms with Crippen LogP contribution < -0.4 is 0 Å². The number of carbonyl (C=O) groups excluding carboxylic acids is 1. The lowest BCUT2D eigenvalue weighted by Crippen LogP contribution is -2.27. The molecule has 0 saturated carbocycles. The topological polar surface area (TPSA) is 59.2 Å². The Balaban J connectivity index is 1.62. The smallest absolute Gasteiger partial charge is 0.258 e. The summed E-state index contributed by atoms with van der Waals surface area (Å²) in [6.45, 7) is 5.80. The number of carbonyl (C=O) groups is 1. The number of benzene rings is 2. The summed E-state index contributed by atoms with van der Waals surface area (Å²) in [7, 11) is 0. The molecule has 1 fully saturated rings. The second kappa shape index (κ2) is 6.75. The van der Waals surface area contributed by atoms with Crippen LogP contribution in [-0.4, -0.2) is 34.0 Å². The van der Waals surface area contributed by atoms with E-state index in [9.17, 15) is 4.79 Å². The standard InChI is InChI=1S/C21H21N3O2/c1-14-8-9-17(12-15(14)2)20-22-19(23-26-20)16-6-5-7-18(13-16)21(25)24-10-3-4-11-24/h5-9,12-13H,3-4,10-11H2,1-2H3. The van der Waals surface area contributed by atoms with E-state index in [2.05, 4.69) is 24.0 Å². The number of likely N-dealkylation sites (tertiary alicyclic amines) is 1. The Morgan fingerprint density at radius 2 is 1.81 bits per heavy atom. The van der Waals surface area contributed by atoms with Crippen molar-refractivity contribution in [3.05, 3.63) is 59.2 Å². The van der Waals surface area contributed by atoms with Gasteiger partial charge in [0.25, 0.3) is 11.8 Å². The normalized spacial score (nSPS) is 14.0. The zero-order chi connectivity index (χ0) is 18.1. The Morgan fingerprint density at radius 1 is 1.00 bits per heavy atom. The van der Waals surface area contributed by atoms with Gasteiger partial charge in [-0.1, -0.05) is 23.4 Å². The van der Waals surface area contributed by atoms with Crippen molar-refractivity contribution >= 4 is 5.91 Å². The van der Waals surface area contributed by atoms with Crippen LogP contribution in [0.1, 0.15) is 34.3 Å². The van der Waals surface area contributed by atoms with Crippen LogP contribution in [0.4, 0.5) is 0 Å².